The van der Waals surface area contributed by atoms with Gasteiger partial charge >= 0.3 is 0 Å². The Morgan fingerprint density at radius 1 is 1.47 bits per heavy atom. The van der Waals surface area contributed by atoms with Crippen LogP contribution in [0.5, 0.6) is 0 Å². The zero-order valence-electron chi connectivity index (χ0n) is 9.73. The van der Waals surface area contributed by atoms with Crippen LogP contribution in [-0.2, 0) is 10.2 Å². The van der Waals surface area contributed by atoms with E-state index in [0.29, 0.717) is 0 Å². The third-order valence-electron chi connectivity index (χ3n) is 1.77. The minimum absolute atomic E-state index is 0.150. The maximum Gasteiger partial charge on any atom is 0.280 e. The van der Waals surface area contributed by atoms with Crippen molar-refractivity contribution >= 4 is 27.4 Å². The van der Waals surface area contributed by atoms with E-state index in [-0.39, 0.29) is 4.99 Å². The zero-order valence-corrected chi connectivity index (χ0v) is 11.4. The third kappa shape index (κ3) is 4.87. The lowest BCUT2D eigenvalue weighted by atomic mass is 10.1. The molecular formula is C8H19N3O2S2. The normalized spacial score (nSPS) is 15.3. The van der Waals surface area contributed by atoms with E-state index in [1.165, 1.54) is 7.05 Å². The smallest absolute Gasteiger partial charge is 0.280 e. The molecule has 0 aromatic rings. The largest absolute Gasteiger partial charge is 0.392 e. The van der Waals surface area contributed by atoms with Gasteiger partial charge in [0, 0.05) is 12.6 Å². The molecule has 0 rings (SSSR count). The number of likely N-dealkylation sites (N-methyl/N-ethyl adjacent to an activating group) is 1. The summed E-state index contributed by atoms with van der Waals surface area (Å²) in [6.45, 7) is 6.95. The standard InChI is InChI=1S/C8H19N3O2S2/c1-6(7(9)14)11(5)15(12,13)10-8(2,3)4/h6,10H,1-5H3,(H2,9,14). The maximum absolute atomic E-state index is 11.8. The molecule has 0 aromatic heterocycles. The summed E-state index contributed by atoms with van der Waals surface area (Å²) in [4.78, 5) is 0.150. The predicted octanol–water partition coefficient (Wildman–Crippen LogP) is 0.226. The van der Waals surface area contributed by atoms with Gasteiger partial charge in [0.15, 0.2) is 0 Å². The first-order chi connectivity index (χ1) is 6.47. The van der Waals surface area contributed by atoms with E-state index in [2.05, 4.69) is 4.72 Å². The van der Waals surface area contributed by atoms with Gasteiger partial charge < -0.3 is 5.73 Å². The average Bonchev–Trinajstić information content (AvgIpc) is 1.96. The van der Waals surface area contributed by atoms with Crippen LogP contribution in [0.3, 0.4) is 0 Å². The molecule has 1 atom stereocenters. The van der Waals surface area contributed by atoms with Crippen LogP contribution in [0.1, 0.15) is 27.7 Å². The van der Waals surface area contributed by atoms with Crippen LogP contribution >= 0.6 is 12.2 Å². The lowest BCUT2D eigenvalue weighted by Gasteiger charge is -2.28. The number of hydrogen-bond acceptors (Lipinski definition) is 3. The summed E-state index contributed by atoms with van der Waals surface area (Å²) >= 11 is 4.75. The quantitative estimate of drug-likeness (QED) is 0.703. The van der Waals surface area contributed by atoms with Crippen LogP contribution in [-0.4, -0.2) is 36.3 Å². The second-order valence-electron chi connectivity index (χ2n) is 4.45. The van der Waals surface area contributed by atoms with Crippen molar-refractivity contribution in [2.75, 3.05) is 7.05 Å². The van der Waals surface area contributed by atoms with Crippen molar-refractivity contribution in [3.8, 4) is 0 Å². The number of nitrogens with zero attached hydrogens (tertiary/aromatic N) is 1. The van der Waals surface area contributed by atoms with Gasteiger partial charge in [-0.25, -0.2) is 0 Å². The fourth-order valence-electron chi connectivity index (χ4n) is 0.846. The molecule has 0 bridgehead atoms. The van der Waals surface area contributed by atoms with Crippen LogP contribution in [0.4, 0.5) is 0 Å². The van der Waals surface area contributed by atoms with Gasteiger partial charge in [0.05, 0.1) is 11.0 Å². The van der Waals surface area contributed by atoms with Crippen LogP contribution in [0.2, 0.25) is 0 Å². The highest BCUT2D eigenvalue weighted by atomic mass is 32.2. The van der Waals surface area contributed by atoms with Gasteiger partial charge in [-0.1, -0.05) is 12.2 Å². The van der Waals surface area contributed by atoms with Gasteiger partial charge in [-0.3, -0.25) is 0 Å². The molecule has 0 radical (unpaired) electrons. The van der Waals surface area contributed by atoms with Crippen molar-refractivity contribution in [3.63, 3.8) is 0 Å². The Hall–Kier alpha value is -0.240. The Balaban J connectivity index is 4.83. The lowest BCUT2D eigenvalue weighted by Crippen LogP contribution is -2.52. The number of nitrogens with one attached hydrogen (secondary N) is 1. The monoisotopic (exact) mass is 253 g/mol. The molecule has 0 spiro atoms. The van der Waals surface area contributed by atoms with Gasteiger partial charge in [-0.2, -0.15) is 17.4 Å². The molecule has 7 heteroatoms. The summed E-state index contributed by atoms with van der Waals surface area (Å²) in [5, 5.41) is 0. The molecule has 5 nitrogen and oxygen atoms in total. The van der Waals surface area contributed by atoms with Gasteiger partial charge in [0.1, 0.15) is 0 Å². The van der Waals surface area contributed by atoms with Gasteiger partial charge in [0.25, 0.3) is 10.2 Å². The molecule has 0 aliphatic carbocycles. The maximum atomic E-state index is 11.8. The van der Waals surface area contributed by atoms with E-state index in [1.807, 2.05) is 0 Å². The van der Waals surface area contributed by atoms with Crippen molar-refractivity contribution < 1.29 is 8.42 Å². The van der Waals surface area contributed by atoms with Crippen molar-refractivity contribution in [3.05, 3.63) is 0 Å². The third-order valence-corrected chi connectivity index (χ3v) is 4.06. The molecule has 1 unspecified atom stereocenters. The Bertz CT molecular complexity index is 332. The van der Waals surface area contributed by atoms with E-state index in [1.54, 1.807) is 27.7 Å². The SMILES string of the molecule is CC(C(N)=S)N(C)S(=O)(=O)NC(C)(C)C. The van der Waals surface area contributed by atoms with Crippen molar-refractivity contribution in [1.82, 2.24) is 9.03 Å². The molecule has 0 aliphatic rings. The Labute approximate surface area is 97.2 Å². The molecule has 0 heterocycles. The highest BCUT2D eigenvalue weighted by molar-refractivity contribution is 7.87. The molecule has 0 amide bonds. The van der Waals surface area contributed by atoms with Gasteiger partial charge in [0.2, 0.25) is 0 Å². The number of thiocarbonyl (C=S) groups is 1. The van der Waals surface area contributed by atoms with E-state index in [4.69, 9.17) is 18.0 Å². The second kappa shape index (κ2) is 4.73. The summed E-state index contributed by atoms with van der Waals surface area (Å²) in [7, 11) is -2.10. The summed E-state index contributed by atoms with van der Waals surface area (Å²) in [6, 6.07) is -0.500. The predicted molar refractivity (Wildman–Crippen MR) is 65.8 cm³/mol. The summed E-state index contributed by atoms with van der Waals surface area (Å²) in [5.74, 6) is 0. The molecule has 0 saturated carbocycles. The highest BCUT2D eigenvalue weighted by Gasteiger charge is 2.28. The Morgan fingerprint density at radius 2 is 1.87 bits per heavy atom. The van der Waals surface area contributed by atoms with Crippen LogP contribution in [0.15, 0.2) is 0 Å². The molecule has 0 aromatic carbocycles. The van der Waals surface area contributed by atoms with E-state index >= 15 is 0 Å². The fourth-order valence-corrected chi connectivity index (χ4v) is 2.52. The molecule has 3 N–H and O–H groups in total. The minimum atomic E-state index is -3.55. The fraction of sp³-hybridized carbons (Fsp3) is 0.875. The second-order valence-corrected chi connectivity index (χ2v) is 6.65. The number of hydrogen-bond donors (Lipinski definition) is 2. The Morgan fingerprint density at radius 3 is 2.13 bits per heavy atom. The molecule has 0 fully saturated rings. The van der Waals surface area contributed by atoms with E-state index in [0.717, 1.165) is 4.31 Å². The summed E-state index contributed by atoms with van der Waals surface area (Å²) in [5.41, 5.74) is 4.87. The van der Waals surface area contributed by atoms with E-state index < -0.39 is 21.8 Å². The van der Waals surface area contributed by atoms with Gasteiger partial charge in [-0.05, 0) is 27.7 Å². The minimum Gasteiger partial charge on any atom is -0.392 e. The highest BCUT2D eigenvalue weighted by Crippen LogP contribution is 2.08. The lowest BCUT2D eigenvalue weighted by molar-refractivity contribution is 0.412. The topological polar surface area (TPSA) is 75.4 Å². The van der Waals surface area contributed by atoms with Crippen molar-refractivity contribution in [2.45, 2.75) is 39.3 Å². The van der Waals surface area contributed by atoms with E-state index in [9.17, 15) is 8.42 Å². The molecule has 15 heavy (non-hydrogen) atoms. The summed E-state index contributed by atoms with van der Waals surface area (Å²) in [6.07, 6.45) is 0. The zero-order chi connectivity index (χ0) is 12.4. The van der Waals surface area contributed by atoms with Crippen molar-refractivity contribution in [2.24, 2.45) is 5.73 Å². The average molecular weight is 253 g/mol. The first-order valence-corrected chi connectivity index (χ1v) is 6.38. The molecule has 0 aliphatic heterocycles. The Kier molecular flexibility index (Phi) is 4.66. The molecule has 0 saturated heterocycles. The van der Waals surface area contributed by atoms with Crippen molar-refractivity contribution in [1.29, 1.82) is 0 Å². The van der Waals surface area contributed by atoms with Gasteiger partial charge in [-0.15, -0.1) is 0 Å². The number of nitrogens with two attached hydrogens (primary N) is 1. The summed E-state index contributed by atoms with van der Waals surface area (Å²) < 4.78 is 27.2. The van der Waals surface area contributed by atoms with Crippen LogP contribution in [0, 0.1) is 0 Å². The number of rotatable bonds is 4. The first kappa shape index (κ1) is 14.8. The first-order valence-electron chi connectivity index (χ1n) is 4.53. The molecule has 90 valence electrons. The van der Waals surface area contributed by atoms with Crippen LogP contribution in [0.25, 0.3) is 0 Å². The molecular weight excluding hydrogens is 234 g/mol. The van der Waals surface area contributed by atoms with Crippen LogP contribution < -0.4 is 10.5 Å².